The van der Waals surface area contributed by atoms with Crippen molar-refractivity contribution in [3.05, 3.63) is 20.5 Å². The number of carboxylic acids is 1. The van der Waals surface area contributed by atoms with Gasteiger partial charge in [0.05, 0.1) is 4.47 Å². The van der Waals surface area contributed by atoms with E-state index in [1.807, 2.05) is 0 Å². The van der Waals surface area contributed by atoms with Gasteiger partial charge in [0.15, 0.2) is 4.67 Å². The highest BCUT2D eigenvalue weighted by Crippen LogP contribution is 2.31. The zero-order chi connectivity index (χ0) is 8.59. The smallest absolute Gasteiger partial charge is 0.372 e. The topological polar surface area (TPSA) is 50.4 Å². The first-order chi connectivity index (χ1) is 5.04. The van der Waals surface area contributed by atoms with E-state index in [0.29, 0.717) is 14.7 Å². The van der Waals surface area contributed by atoms with Crippen molar-refractivity contribution < 1.29 is 14.3 Å². The lowest BCUT2D eigenvalue weighted by Gasteiger charge is -1.86. The van der Waals surface area contributed by atoms with Crippen LogP contribution in [0.4, 0.5) is 0 Å². The summed E-state index contributed by atoms with van der Waals surface area (Å²) in [4.78, 5) is 10.5. The Bertz CT molecular complexity index is 303. The van der Waals surface area contributed by atoms with Crippen LogP contribution in [0.5, 0.6) is 0 Å². The van der Waals surface area contributed by atoms with Crippen molar-refractivity contribution in [2.45, 2.75) is 6.92 Å². The average Bonchev–Trinajstić information content (AvgIpc) is 2.17. The highest BCUT2D eigenvalue weighted by atomic mass is 79.9. The molecule has 1 N–H and O–H groups in total. The Morgan fingerprint density at radius 2 is 2.09 bits per heavy atom. The highest BCUT2D eigenvalue weighted by Gasteiger charge is 2.17. The molecular formula is C6H4Br2O3. The fraction of sp³-hybridized carbons (Fsp3) is 0.167. The summed E-state index contributed by atoms with van der Waals surface area (Å²) in [6.07, 6.45) is 0. The van der Waals surface area contributed by atoms with Gasteiger partial charge in [0, 0.05) is 5.56 Å². The highest BCUT2D eigenvalue weighted by molar-refractivity contribution is 9.13. The molecule has 0 saturated carbocycles. The van der Waals surface area contributed by atoms with Gasteiger partial charge in [-0.2, -0.15) is 0 Å². The maximum absolute atomic E-state index is 10.5. The van der Waals surface area contributed by atoms with Crippen LogP contribution in [-0.2, 0) is 0 Å². The number of carbonyl (C=O) groups is 1. The van der Waals surface area contributed by atoms with Crippen LogP contribution in [0.15, 0.2) is 13.6 Å². The lowest BCUT2D eigenvalue weighted by molar-refractivity contribution is 0.0660. The Balaban J connectivity index is 3.29. The van der Waals surface area contributed by atoms with Crippen LogP contribution in [-0.4, -0.2) is 11.1 Å². The number of carboxylic acid groups (broad SMARTS) is 1. The summed E-state index contributed by atoms with van der Waals surface area (Å²) in [5, 5.41) is 8.57. The van der Waals surface area contributed by atoms with E-state index in [-0.39, 0.29) is 5.76 Å². The van der Waals surface area contributed by atoms with E-state index >= 15 is 0 Å². The normalized spacial score (nSPS) is 10.1. The Morgan fingerprint density at radius 3 is 2.27 bits per heavy atom. The van der Waals surface area contributed by atoms with E-state index in [0.717, 1.165) is 0 Å². The first kappa shape index (κ1) is 8.80. The standard InChI is InChI=1S/C6H4Br2O3/c1-2-3(7)5(8)11-4(2)6(9)10/h1H3,(H,9,10). The van der Waals surface area contributed by atoms with Gasteiger partial charge < -0.3 is 9.52 Å². The van der Waals surface area contributed by atoms with E-state index < -0.39 is 5.97 Å². The number of halogens is 2. The van der Waals surface area contributed by atoms with Gasteiger partial charge in [-0.25, -0.2) is 4.79 Å². The molecule has 1 aromatic rings. The van der Waals surface area contributed by atoms with Crippen molar-refractivity contribution in [3.63, 3.8) is 0 Å². The number of rotatable bonds is 1. The predicted molar refractivity (Wildman–Crippen MR) is 45.8 cm³/mol. The maximum Gasteiger partial charge on any atom is 0.372 e. The van der Waals surface area contributed by atoms with Crippen molar-refractivity contribution >= 4 is 37.8 Å². The summed E-state index contributed by atoms with van der Waals surface area (Å²) < 4.78 is 5.93. The molecule has 0 amide bonds. The van der Waals surface area contributed by atoms with Crippen LogP contribution >= 0.6 is 31.9 Å². The third kappa shape index (κ3) is 1.49. The quantitative estimate of drug-likeness (QED) is 0.862. The second kappa shape index (κ2) is 2.98. The molecule has 1 heterocycles. The number of aromatic carboxylic acids is 1. The molecule has 0 atom stereocenters. The minimum Gasteiger partial charge on any atom is -0.475 e. The van der Waals surface area contributed by atoms with Gasteiger partial charge in [0.2, 0.25) is 5.76 Å². The summed E-state index contributed by atoms with van der Waals surface area (Å²) in [5.41, 5.74) is 0.587. The summed E-state index contributed by atoms with van der Waals surface area (Å²) in [6, 6.07) is 0. The molecule has 0 aliphatic heterocycles. The van der Waals surface area contributed by atoms with Crippen LogP contribution in [0.1, 0.15) is 16.1 Å². The maximum atomic E-state index is 10.5. The van der Waals surface area contributed by atoms with Gasteiger partial charge in [-0.15, -0.1) is 0 Å². The molecule has 1 aromatic heterocycles. The molecule has 3 nitrogen and oxygen atoms in total. The molecule has 11 heavy (non-hydrogen) atoms. The lowest BCUT2D eigenvalue weighted by atomic mass is 10.3. The number of furan rings is 1. The Morgan fingerprint density at radius 1 is 1.55 bits per heavy atom. The zero-order valence-electron chi connectivity index (χ0n) is 5.52. The van der Waals surface area contributed by atoms with Crippen LogP contribution in [0.3, 0.4) is 0 Å². The first-order valence-electron chi connectivity index (χ1n) is 2.71. The largest absolute Gasteiger partial charge is 0.475 e. The van der Waals surface area contributed by atoms with Crippen LogP contribution in [0.25, 0.3) is 0 Å². The van der Waals surface area contributed by atoms with E-state index in [1.165, 1.54) is 0 Å². The van der Waals surface area contributed by atoms with Crippen LogP contribution in [0, 0.1) is 6.92 Å². The molecule has 0 spiro atoms. The summed E-state index contributed by atoms with van der Waals surface area (Å²) in [6.45, 7) is 1.67. The lowest BCUT2D eigenvalue weighted by Crippen LogP contribution is -1.95. The van der Waals surface area contributed by atoms with Gasteiger partial charge in [-0.1, -0.05) is 0 Å². The van der Waals surface area contributed by atoms with Crippen molar-refractivity contribution in [1.82, 2.24) is 0 Å². The monoisotopic (exact) mass is 282 g/mol. The van der Waals surface area contributed by atoms with E-state index in [1.54, 1.807) is 6.92 Å². The summed E-state index contributed by atoms with van der Waals surface area (Å²) in [7, 11) is 0. The van der Waals surface area contributed by atoms with E-state index in [2.05, 4.69) is 31.9 Å². The molecule has 0 aliphatic rings. The molecule has 1 rings (SSSR count). The van der Waals surface area contributed by atoms with Gasteiger partial charge in [-0.05, 0) is 38.8 Å². The van der Waals surface area contributed by atoms with E-state index in [4.69, 9.17) is 9.52 Å². The molecule has 5 heteroatoms. The zero-order valence-corrected chi connectivity index (χ0v) is 8.69. The summed E-state index contributed by atoms with van der Waals surface area (Å²) in [5.74, 6) is -1.10. The van der Waals surface area contributed by atoms with Gasteiger partial charge in [0.1, 0.15) is 0 Å². The Labute approximate surface area is 79.6 Å². The Hall–Kier alpha value is -0.290. The summed E-state index contributed by atoms with van der Waals surface area (Å²) >= 11 is 6.22. The third-order valence-electron chi connectivity index (χ3n) is 1.23. The molecule has 0 radical (unpaired) electrons. The predicted octanol–water partition coefficient (Wildman–Crippen LogP) is 2.81. The SMILES string of the molecule is Cc1c(C(=O)O)oc(Br)c1Br. The molecule has 0 unspecified atom stereocenters. The Kier molecular flexibility index (Phi) is 2.39. The van der Waals surface area contributed by atoms with Gasteiger partial charge in [0.25, 0.3) is 0 Å². The second-order valence-corrected chi connectivity index (χ2v) is 3.46. The minimum absolute atomic E-state index is 0.0382. The molecule has 0 saturated heterocycles. The second-order valence-electron chi connectivity index (χ2n) is 1.95. The molecule has 60 valence electrons. The molecular weight excluding hydrogens is 280 g/mol. The molecule has 0 fully saturated rings. The number of hydrogen-bond donors (Lipinski definition) is 1. The molecule has 0 aromatic carbocycles. The minimum atomic E-state index is -1.06. The van der Waals surface area contributed by atoms with Crippen molar-refractivity contribution in [2.24, 2.45) is 0 Å². The van der Waals surface area contributed by atoms with Gasteiger partial charge >= 0.3 is 5.97 Å². The number of hydrogen-bond acceptors (Lipinski definition) is 2. The van der Waals surface area contributed by atoms with Crippen LogP contribution < -0.4 is 0 Å². The average molecular weight is 284 g/mol. The first-order valence-corrected chi connectivity index (χ1v) is 4.30. The van der Waals surface area contributed by atoms with Gasteiger partial charge in [-0.3, -0.25) is 0 Å². The van der Waals surface area contributed by atoms with Crippen molar-refractivity contribution in [1.29, 1.82) is 0 Å². The molecule has 0 bridgehead atoms. The van der Waals surface area contributed by atoms with E-state index in [9.17, 15) is 4.79 Å². The fourth-order valence-electron chi connectivity index (χ4n) is 0.662. The van der Waals surface area contributed by atoms with Crippen LogP contribution in [0.2, 0.25) is 0 Å². The van der Waals surface area contributed by atoms with Crippen molar-refractivity contribution in [2.75, 3.05) is 0 Å². The van der Waals surface area contributed by atoms with Crippen molar-refractivity contribution in [3.8, 4) is 0 Å². The molecule has 0 aliphatic carbocycles. The third-order valence-corrected chi connectivity index (χ3v) is 3.27. The fourth-order valence-corrected chi connectivity index (χ4v) is 1.38.